The number of carbonyl (C=O) groups is 1. The van der Waals surface area contributed by atoms with Gasteiger partial charge in [0.15, 0.2) is 0 Å². The van der Waals surface area contributed by atoms with Crippen LogP contribution in [0.2, 0.25) is 0 Å². The summed E-state index contributed by atoms with van der Waals surface area (Å²) in [4.78, 5) is 11.9. The van der Waals surface area contributed by atoms with Crippen LogP contribution in [-0.2, 0) is 9.53 Å². The summed E-state index contributed by atoms with van der Waals surface area (Å²) in [7, 11) is 1.48. The molecular formula is C24H40O4. The number of hydrogen-bond acceptors (Lipinski definition) is 4. The van der Waals surface area contributed by atoms with Crippen LogP contribution in [-0.4, -0.2) is 35.5 Å². The molecule has 10 unspecified atom stereocenters. The molecule has 4 fully saturated rings. The average Bonchev–Trinajstić information content (AvgIpc) is 3.00. The fourth-order valence-electron chi connectivity index (χ4n) is 8.66. The van der Waals surface area contributed by atoms with E-state index in [-0.39, 0.29) is 29.0 Å². The Morgan fingerprint density at radius 1 is 1.04 bits per heavy atom. The van der Waals surface area contributed by atoms with Crippen molar-refractivity contribution in [2.75, 3.05) is 7.11 Å². The van der Waals surface area contributed by atoms with Gasteiger partial charge in [-0.05, 0) is 97.7 Å². The molecule has 0 heterocycles. The minimum atomic E-state index is -0.229. The molecule has 4 saturated carbocycles. The Hall–Kier alpha value is -0.610. The van der Waals surface area contributed by atoms with Gasteiger partial charge in [0.2, 0.25) is 0 Å². The first kappa shape index (κ1) is 20.7. The highest BCUT2D eigenvalue weighted by Gasteiger charge is 2.62. The van der Waals surface area contributed by atoms with Crippen LogP contribution in [0.3, 0.4) is 0 Å². The maximum absolute atomic E-state index is 11.9. The number of fused-ring (bicyclic) bond motifs is 5. The molecule has 0 aromatic carbocycles. The minimum absolute atomic E-state index is 0.0953. The lowest BCUT2D eigenvalue weighted by Crippen LogP contribution is -2.58. The molecule has 4 rings (SSSR count). The van der Waals surface area contributed by atoms with E-state index in [2.05, 4.69) is 20.8 Å². The maximum Gasteiger partial charge on any atom is 0.305 e. The molecule has 2 N–H and O–H groups in total. The highest BCUT2D eigenvalue weighted by molar-refractivity contribution is 5.69. The van der Waals surface area contributed by atoms with E-state index in [1.807, 2.05) is 0 Å². The van der Waals surface area contributed by atoms with Crippen molar-refractivity contribution in [1.29, 1.82) is 0 Å². The molecule has 0 amide bonds. The van der Waals surface area contributed by atoms with Crippen molar-refractivity contribution in [2.24, 2.45) is 46.3 Å². The molecule has 4 heteroatoms. The summed E-state index contributed by atoms with van der Waals surface area (Å²) >= 11 is 0. The van der Waals surface area contributed by atoms with Crippen molar-refractivity contribution in [3.63, 3.8) is 0 Å². The van der Waals surface area contributed by atoms with Crippen LogP contribution in [0.5, 0.6) is 0 Å². The van der Waals surface area contributed by atoms with E-state index in [4.69, 9.17) is 4.74 Å². The van der Waals surface area contributed by atoms with Crippen molar-refractivity contribution in [3.05, 3.63) is 0 Å². The van der Waals surface area contributed by atoms with Gasteiger partial charge >= 0.3 is 5.97 Å². The molecule has 0 radical (unpaired) electrons. The molecule has 28 heavy (non-hydrogen) atoms. The predicted octanol–water partition coefficient (Wildman–Crippen LogP) is 4.18. The first-order valence-corrected chi connectivity index (χ1v) is 11.6. The van der Waals surface area contributed by atoms with E-state index in [9.17, 15) is 15.0 Å². The quantitative estimate of drug-likeness (QED) is 0.707. The van der Waals surface area contributed by atoms with Crippen LogP contribution >= 0.6 is 0 Å². The van der Waals surface area contributed by atoms with Crippen LogP contribution < -0.4 is 0 Å². The van der Waals surface area contributed by atoms with Gasteiger partial charge < -0.3 is 14.9 Å². The molecule has 160 valence electrons. The highest BCUT2D eigenvalue weighted by Crippen LogP contribution is 2.68. The SMILES string of the molecule is COC(=O)CC(C)C1CCC2C3C(O)CC4CC(O)CCC4(C)C3CCC12C. The molecule has 10 atom stereocenters. The lowest BCUT2D eigenvalue weighted by Gasteiger charge is -2.62. The molecule has 4 aliphatic rings. The maximum atomic E-state index is 11.9. The smallest absolute Gasteiger partial charge is 0.305 e. The number of ether oxygens (including phenoxy) is 1. The lowest BCUT2D eigenvalue weighted by atomic mass is 9.43. The fraction of sp³-hybridized carbons (Fsp3) is 0.958. The Morgan fingerprint density at radius 2 is 1.71 bits per heavy atom. The van der Waals surface area contributed by atoms with Gasteiger partial charge in [-0.15, -0.1) is 0 Å². The van der Waals surface area contributed by atoms with E-state index in [0.717, 1.165) is 25.7 Å². The zero-order valence-corrected chi connectivity index (χ0v) is 18.2. The zero-order chi connectivity index (χ0) is 20.3. The minimum Gasteiger partial charge on any atom is -0.469 e. The summed E-state index contributed by atoms with van der Waals surface area (Å²) in [6.45, 7) is 7.13. The third kappa shape index (κ3) is 3.05. The van der Waals surface area contributed by atoms with Crippen LogP contribution in [0.25, 0.3) is 0 Å². The number of aliphatic hydroxyl groups excluding tert-OH is 2. The normalized spacial score (nSPS) is 51.6. The van der Waals surface area contributed by atoms with Gasteiger partial charge in [0.25, 0.3) is 0 Å². The van der Waals surface area contributed by atoms with Crippen molar-refractivity contribution < 1.29 is 19.7 Å². The second-order valence-corrected chi connectivity index (χ2v) is 11.2. The molecule has 0 aromatic heterocycles. The third-order valence-electron chi connectivity index (χ3n) is 10.1. The van der Waals surface area contributed by atoms with E-state index in [1.54, 1.807) is 0 Å². The highest BCUT2D eigenvalue weighted by atomic mass is 16.5. The molecule has 4 aliphatic carbocycles. The first-order chi connectivity index (χ1) is 13.2. The van der Waals surface area contributed by atoms with Gasteiger partial charge in [-0.1, -0.05) is 20.8 Å². The first-order valence-electron chi connectivity index (χ1n) is 11.6. The molecule has 0 saturated heterocycles. The largest absolute Gasteiger partial charge is 0.469 e. The van der Waals surface area contributed by atoms with E-state index in [1.165, 1.54) is 32.8 Å². The third-order valence-corrected chi connectivity index (χ3v) is 10.1. The van der Waals surface area contributed by atoms with E-state index < -0.39 is 0 Å². The fourth-order valence-corrected chi connectivity index (χ4v) is 8.66. The number of methoxy groups -OCH3 is 1. The van der Waals surface area contributed by atoms with Crippen molar-refractivity contribution >= 4 is 5.97 Å². The van der Waals surface area contributed by atoms with E-state index >= 15 is 0 Å². The van der Waals surface area contributed by atoms with Gasteiger partial charge in [-0.2, -0.15) is 0 Å². The van der Waals surface area contributed by atoms with Crippen LogP contribution in [0.1, 0.15) is 78.6 Å². The lowest BCUT2D eigenvalue weighted by molar-refractivity contribution is -0.174. The molecular weight excluding hydrogens is 352 g/mol. The predicted molar refractivity (Wildman–Crippen MR) is 108 cm³/mol. The summed E-state index contributed by atoms with van der Waals surface area (Å²) < 4.78 is 4.93. The summed E-state index contributed by atoms with van der Waals surface area (Å²) in [5, 5.41) is 21.5. The second-order valence-electron chi connectivity index (χ2n) is 11.2. The molecule has 0 spiro atoms. The summed E-state index contributed by atoms with van der Waals surface area (Å²) in [6.07, 6.45) is 8.65. The standard InChI is InChI=1S/C24H40O4/c1-14(11-21(27)28-4)17-5-6-18-22-19(8-10-24(17,18)3)23(2)9-7-16(25)12-15(23)13-20(22)26/h14-20,22,25-26H,5-13H2,1-4H3. The van der Waals surface area contributed by atoms with Gasteiger partial charge in [0, 0.05) is 6.42 Å². The molecule has 4 nitrogen and oxygen atoms in total. The Morgan fingerprint density at radius 3 is 2.43 bits per heavy atom. The summed E-state index contributed by atoms with van der Waals surface area (Å²) in [5.41, 5.74) is 0.507. The number of hydrogen-bond donors (Lipinski definition) is 2. The van der Waals surface area contributed by atoms with Gasteiger partial charge in [-0.3, -0.25) is 4.79 Å². The average molecular weight is 393 g/mol. The Balaban J connectivity index is 1.57. The Labute approximate surface area is 170 Å². The summed E-state index contributed by atoms with van der Waals surface area (Å²) in [6, 6.07) is 0. The van der Waals surface area contributed by atoms with Crippen LogP contribution in [0.15, 0.2) is 0 Å². The van der Waals surface area contributed by atoms with Crippen molar-refractivity contribution in [3.8, 4) is 0 Å². The van der Waals surface area contributed by atoms with Crippen LogP contribution in [0, 0.1) is 46.3 Å². The van der Waals surface area contributed by atoms with E-state index in [0.29, 0.717) is 41.9 Å². The van der Waals surface area contributed by atoms with Crippen LogP contribution in [0.4, 0.5) is 0 Å². The number of carbonyl (C=O) groups excluding carboxylic acids is 1. The van der Waals surface area contributed by atoms with Crippen molar-refractivity contribution in [1.82, 2.24) is 0 Å². The topological polar surface area (TPSA) is 66.8 Å². The molecule has 0 aromatic rings. The molecule has 0 bridgehead atoms. The second kappa shape index (κ2) is 7.27. The summed E-state index contributed by atoms with van der Waals surface area (Å²) in [5.74, 6) is 2.80. The number of aliphatic hydroxyl groups is 2. The van der Waals surface area contributed by atoms with Gasteiger partial charge in [-0.25, -0.2) is 0 Å². The van der Waals surface area contributed by atoms with Gasteiger partial charge in [0.05, 0.1) is 19.3 Å². The van der Waals surface area contributed by atoms with Crippen molar-refractivity contribution in [2.45, 2.75) is 90.8 Å². The monoisotopic (exact) mass is 392 g/mol. The number of rotatable bonds is 3. The zero-order valence-electron chi connectivity index (χ0n) is 18.2. The Kier molecular flexibility index (Phi) is 5.36. The number of esters is 1. The van der Waals surface area contributed by atoms with Gasteiger partial charge in [0.1, 0.15) is 0 Å². The Bertz CT molecular complexity index is 605. The molecule has 0 aliphatic heterocycles.